The van der Waals surface area contributed by atoms with Crippen LogP contribution in [0.25, 0.3) is 6.08 Å². The predicted molar refractivity (Wildman–Crippen MR) is 55.2 cm³/mol. The average Bonchev–Trinajstić information content (AvgIpc) is 2.18. The summed E-state index contributed by atoms with van der Waals surface area (Å²) in [6, 6.07) is 2.39. The Kier molecular flexibility index (Phi) is 4.39. The van der Waals surface area contributed by atoms with Gasteiger partial charge in [0.25, 0.3) is 0 Å². The van der Waals surface area contributed by atoms with E-state index in [0.29, 0.717) is 12.1 Å². The lowest BCUT2D eigenvalue weighted by Crippen LogP contribution is -2.03. The molecular weight excluding hydrogens is 200 g/mol. The molecule has 4 heteroatoms. The van der Waals surface area contributed by atoms with Crippen LogP contribution in [0.3, 0.4) is 0 Å². The summed E-state index contributed by atoms with van der Waals surface area (Å²) < 4.78 is 26.3. The van der Waals surface area contributed by atoms with E-state index in [-0.39, 0.29) is 5.56 Å². The lowest BCUT2D eigenvalue weighted by atomic mass is 10.1. The summed E-state index contributed by atoms with van der Waals surface area (Å²) in [6.45, 7) is 0.00314. The molecule has 2 nitrogen and oxygen atoms in total. The zero-order valence-electron chi connectivity index (χ0n) is 8.43. The third-order valence-electron chi connectivity index (χ3n) is 1.95. The zero-order valence-corrected chi connectivity index (χ0v) is 8.43. The topological polar surface area (TPSA) is 32.3 Å². The molecule has 1 aromatic carbocycles. The van der Waals surface area contributed by atoms with Gasteiger partial charge in [-0.15, -0.1) is 0 Å². The Balaban J connectivity index is 2.93. The van der Waals surface area contributed by atoms with Gasteiger partial charge in [0.05, 0.1) is 6.61 Å². The number of halogens is 2. The maximum atomic E-state index is 13.2. The molecule has 0 saturated carbocycles. The van der Waals surface area contributed by atoms with Gasteiger partial charge in [0.15, 0.2) is 0 Å². The van der Waals surface area contributed by atoms with Gasteiger partial charge < -0.3 is 10.4 Å². The zero-order chi connectivity index (χ0) is 11.3. The molecule has 1 aromatic rings. The number of aliphatic hydroxyl groups is 1. The van der Waals surface area contributed by atoms with E-state index in [4.69, 9.17) is 5.11 Å². The van der Waals surface area contributed by atoms with Crippen molar-refractivity contribution in [2.75, 3.05) is 13.6 Å². The van der Waals surface area contributed by atoms with E-state index in [1.165, 1.54) is 12.1 Å². The van der Waals surface area contributed by atoms with E-state index >= 15 is 0 Å². The summed E-state index contributed by atoms with van der Waals surface area (Å²) >= 11 is 0. The quantitative estimate of drug-likeness (QED) is 0.797. The second-order valence-electron chi connectivity index (χ2n) is 3.08. The molecule has 0 amide bonds. The third kappa shape index (κ3) is 3.11. The van der Waals surface area contributed by atoms with Crippen molar-refractivity contribution < 1.29 is 13.9 Å². The second kappa shape index (κ2) is 5.58. The van der Waals surface area contributed by atoms with Crippen LogP contribution in [0.2, 0.25) is 0 Å². The molecule has 15 heavy (non-hydrogen) atoms. The normalized spacial score (nSPS) is 11.2. The van der Waals surface area contributed by atoms with Gasteiger partial charge in [-0.2, -0.15) is 0 Å². The fraction of sp³-hybridized carbons (Fsp3) is 0.273. The van der Waals surface area contributed by atoms with Crippen molar-refractivity contribution in [1.82, 2.24) is 5.32 Å². The van der Waals surface area contributed by atoms with Crippen molar-refractivity contribution in [2.45, 2.75) is 6.61 Å². The maximum absolute atomic E-state index is 13.2. The Morgan fingerprint density at radius 3 is 2.40 bits per heavy atom. The Morgan fingerprint density at radius 1 is 1.33 bits per heavy atom. The van der Waals surface area contributed by atoms with Gasteiger partial charge in [0, 0.05) is 12.1 Å². The minimum atomic E-state index is -0.721. The Bertz CT molecular complexity index is 341. The first-order chi connectivity index (χ1) is 7.19. The van der Waals surface area contributed by atoms with Crippen LogP contribution in [-0.2, 0) is 6.61 Å². The molecule has 0 aliphatic heterocycles. The standard InChI is InChI=1S/C11H13F2NO/c1-14-4-2-3-8-5-10(12)9(7-15)11(13)6-8/h2-3,5-6,14-15H,4,7H2,1H3. The molecule has 0 heterocycles. The largest absolute Gasteiger partial charge is 0.391 e. The average molecular weight is 213 g/mol. The second-order valence-corrected chi connectivity index (χ2v) is 3.08. The van der Waals surface area contributed by atoms with E-state index in [9.17, 15) is 8.78 Å². The van der Waals surface area contributed by atoms with Crippen LogP contribution in [-0.4, -0.2) is 18.7 Å². The summed E-state index contributed by atoms with van der Waals surface area (Å²) in [4.78, 5) is 0. The van der Waals surface area contributed by atoms with Gasteiger partial charge in [0.1, 0.15) is 11.6 Å². The number of rotatable bonds is 4. The number of hydrogen-bond donors (Lipinski definition) is 2. The number of nitrogens with one attached hydrogen (secondary N) is 1. The Hall–Kier alpha value is -1.26. The third-order valence-corrected chi connectivity index (χ3v) is 1.95. The highest BCUT2D eigenvalue weighted by Crippen LogP contribution is 2.16. The molecule has 0 spiro atoms. The molecule has 0 aliphatic rings. The molecule has 0 bridgehead atoms. The van der Waals surface area contributed by atoms with Crippen LogP contribution >= 0.6 is 0 Å². The fourth-order valence-corrected chi connectivity index (χ4v) is 1.18. The lowest BCUT2D eigenvalue weighted by Gasteiger charge is -2.02. The number of hydrogen-bond acceptors (Lipinski definition) is 2. The van der Waals surface area contributed by atoms with Gasteiger partial charge in [-0.25, -0.2) is 8.78 Å². The minimum absolute atomic E-state index is 0.291. The molecule has 0 aliphatic carbocycles. The summed E-state index contributed by atoms with van der Waals surface area (Å²) in [5.41, 5.74) is 0.151. The summed E-state index contributed by atoms with van der Waals surface area (Å²) in [5.74, 6) is -1.44. The summed E-state index contributed by atoms with van der Waals surface area (Å²) in [7, 11) is 1.78. The van der Waals surface area contributed by atoms with Gasteiger partial charge in [0.2, 0.25) is 0 Å². The van der Waals surface area contributed by atoms with E-state index in [2.05, 4.69) is 5.32 Å². The molecule has 0 radical (unpaired) electrons. The van der Waals surface area contributed by atoms with Crippen LogP contribution in [0.1, 0.15) is 11.1 Å². The summed E-state index contributed by atoms with van der Waals surface area (Å²) in [5, 5.41) is 11.6. The van der Waals surface area contributed by atoms with Gasteiger partial charge in [-0.05, 0) is 24.7 Å². The van der Waals surface area contributed by atoms with Crippen molar-refractivity contribution >= 4 is 6.08 Å². The molecule has 0 atom stereocenters. The smallest absolute Gasteiger partial charge is 0.132 e. The van der Waals surface area contributed by atoms with Crippen molar-refractivity contribution in [3.8, 4) is 0 Å². The van der Waals surface area contributed by atoms with E-state index in [1.807, 2.05) is 0 Å². The Morgan fingerprint density at radius 2 is 1.93 bits per heavy atom. The number of aliphatic hydroxyl groups excluding tert-OH is 1. The number of benzene rings is 1. The molecule has 1 rings (SSSR count). The minimum Gasteiger partial charge on any atom is -0.391 e. The monoisotopic (exact) mass is 213 g/mol. The van der Waals surface area contributed by atoms with Crippen molar-refractivity contribution in [1.29, 1.82) is 0 Å². The lowest BCUT2D eigenvalue weighted by molar-refractivity contribution is 0.269. The highest BCUT2D eigenvalue weighted by molar-refractivity contribution is 5.50. The SMILES string of the molecule is CNCC=Cc1cc(F)c(CO)c(F)c1. The first-order valence-corrected chi connectivity index (χ1v) is 4.59. The van der Waals surface area contributed by atoms with Crippen molar-refractivity contribution in [2.24, 2.45) is 0 Å². The van der Waals surface area contributed by atoms with Crippen molar-refractivity contribution in [3.05, 3.63) is 41.0 Å². The van der Waals surface area contributed by atoms with Gasteiger partial charge in [-0.3, -0.25) is 0 Å². The van der Waals surface area contributed by atoms with Crippen LogP contribution < -0.4 is 5.32 Å². The fourth-order valence-electron chi connectivity index (χ4n) is 1.18. The first-order valence-electron chi connectivity index (χ1n) is 4.59. The van der Waals surface area contributed by atoms with E-state index in [0.717, 1.165) is 0 Å². The van der Waals surface area contributed by atoms with E-state index in [1.54, 1.807) is 19.2 Å². The maximum Gasteiger partial charge on any atom is 0.132 e. The first kappa shape index (κ1) is 11.8. The highest BCUT2D eigenvalue weighted by atomic mass is 19.1. The summed E-state index contributed by atoms with van der Waals surface area (Å²) in [6.07, 6.45) is 3.37. The van der Waals surface area contributed by atoms with Crippen LogP contribution in [0.5, 0.6) is 0 Å². The molecule has 0 unspecified atom stereocenters. The molecule has 0 aromatic heterocycles. The predicted octanol–water partition coefficient (Wildman–Crippen LogP) is 1.69. The van der Waals surface area contributed by atoms with Gasteiger partial charge in [-0.1, -0.05) is 12.2 Å². The van der Waals surface area contributed by atoms with Crippen LogP contribution in [0, 0.1) is 11.6 Å². The van der Waals surface area contributed by atoms with Crippen LogP contribution in [0.15, 0.2) is 18.2 Å². The van der Waals surface area contributed by atoms with Gasteiger partial charge >= 0.3 is 0 Å². The molecule has 0 saturated heterocycles. The van der Waals surface area contributed by atoms with E-state index < -0.39 is 18.2 Å². The Labute approximate surface area is 87.2 Å². The molecule has 82 valence electrons. The number of likely N-dealkylation sites (N-methyl/N-ethyl adjacent to an activating group) is 1. The van der Waals surface area contributed by atoms with Crippen LogP contribution in [0.4, 0.5) is 8.78 Å². The molecule has 2 N–H and O–H groups in total. The van der Waals surface area contributed by atoms with Crippen molar-refractivity contribution in [3.63, 3.8) is 0 Å². The highest BCUT2D eigenvalue weighted by Gasteiger charge is 2.08. The molecule has 0 fully saturated rings. The molecular formula is C11H13F2NO.